The second-order valence-electron chi connectivity index (χ2n) is 7.65. The second-order valence-corrected chi connectivity index (χ2v) is 8.05. The summed E-state index contributed by atoms with van der Waals surface area (Å²) < 4.78 is 8.14. The number of hydrogen-bond donors (Lipinski definition) is 1. The Morgan fingerprint density at radius 3 is 2.68 bits per heavy atom. The molecule has 1 aromatic heterocycles. The van der Waals surface area contributed by atoms with Crippen molar-refractivity contribution < 1.29 is 9.53 Å². The van der Waals surface area contributed by atoms with Gasteiger partial charge >= 0.3 is 0 Å². The first-order valence-corrected chi connectivity index (χ1v) is 11.2. The lowest BCUT2D eigenvalue weighted by Gasteiger charge is -2.11. The van der Waals surface area contributed by atoms with Gasteiger partial charge in [-0.2, -0.15) is 0 Å². The third-order valence-electron chi connectivity index (χ3n) is 5.10. The summed E-state index contributed by atoms with van der Waals surface area (Å²) in [6, 6.07) is 15.8. The molecule has 0 radical (unpaired) electrons. The Bertz CT molecular complexity index is 1030. The fourth-order valence-corrected chi connectivity index (χ4v) is 3.66. The normalized spacial score (nSPS) is 10.9. The third-order valence-corrected chi connectivity index (χ3v) is 5.42. The molecule has 164 valence electrons. The summed E-state index contributed by atoms with van der Waals surface area (Å²) in [6.45, 7) is 7.49. The molecule has 0 bridgehead atoms. The molecule has 0 saturated heterocycles. The average Bonchev–Trinajstić information content (AvgIpc) is 3.12. The molecule has 0 aliphatic rings. The highest BCUT2D eigenvalue weighted by molar-refractivity contribution is 6.32. The maximum Gasteiger partial charge on any atom is 0.246 e. The van der Waals surface area contributed by atoms with Crippen molar-refractivity contribution in [1.29, 1.82) is 0 Å². The standard InChI is InChI=1S/C25H30ClN3O2/c1-19(2)25(30)27-16-9-3-4-15-24-28-21-12-6-7-13-22(21)29(24)17-10-18-31-23-14-8-5-11-20(23)26/h5-8,11-14H,1,3-4,9-10,15-18H2,2H3,(H,27,30). The van der Waals surface area contributed by atoms with E-state index in [2.05, 4.69) is 34.7 Å². The number of nitrogens with one attached hydrogen (secondary N) is 1. The number of carbonyl (C=O) groups excluding carboxylic acids is 1. The predicted octanol–water partition coefficient (Wildman–Crippen LogP) is 5.56. The Balaban J connectivity index is 1.51. The Hall–Kier alpha value is -2.79. The van der Waals surface area contributed by atoms with Gasteiger partial charge < -0.3 is 14.6 Å². The fourth-order valence-electron chi connectivity index (χ4n) is 3.47. The monoisotopic (exact) mass is 439 g/mol. The highest BCUT2D eigenvalue weighted by Crippen LogP contribution is 2.23. The molecular formula is C25H30ClN3O2. The lowest BCUT2D eigenvalue weighted by atomic mass is 10.2. The molecule has 5 nitrogen and oxygen atoms in total. The first-order valence-electron chi connectivity index (χ1n) is 10.8. The largest absolute Gasteiger partial charge is 0.492 e. The zero-order valence-corrected chi connectivity index (χ0v) is 18.8. The van der Waals surface area contributed by atoms with Crippen LogP contribution in [0.25, 0.3) is 11.0 Å². The van der Waals surface area contributed by atoms with E-state index in [9.17, 15) is 4.79 Å². The zero-order valence-electron chi connectivity index (χ0n) is 18.1. The summed E-state index contributed by atoms with van der Waals surface area (Å²) >= 11 is 6.16. The van der Waals surface area contributed by atoms with Crippen molar-refractivity contribution in [1.82, 2.24) is 14.9 Å². The number of fused-ring (bicyclic) bond motifs is 1. The molecule has 1 N–H and O–H groups in total. The highest BCUT2D eigenvalue weighted by Gasteiger charge is 2.10. The molecule has 0 aliphatic heterocycles. The van der Waals surface area contributed by atoms with Crippen LogP contribution < -0.4 is 10.1 Å². The second kappa shape index (κ2) is 11.6. The highest BCUT2D eigenvalue weighted by atomic mass is 35.5. The molecule has 0 aliphatic carbocycles. The minimum Gasteiger partial charge on any atom is -0.492 e. The van der Waals surface area contributed by atoms with Gasteiger partial charge in [-0.15, -0.1) is 0 Å². The van der Waals surface area contributed by atoms with Crippen LogP contribution in [0.15, 0.2) is 60.7 Å². The number of benzene rings is 2. The lowest BCUT2D eigenvalue weighted by molar-refractivity contribution is -0.117. The van der Waals surface area contributed by atoms with E-state index in [0.717, 1.165) is 61.3 Å². The average molecular weight is 440 g/mol. The molecule has 0 unspecified atom stereocenters. The Kier molecular flexibility index (Phi) is 8.53. The Morgan fingerprint density at radius 1 is 1.10 bits per heavy atom. The molecule has 3 rings (SSSR count). The minimum absolute atomic E-state index is 0.0687. The van der Waals surface area contributed by atoms with Gasteiger partial charge in [0.1, 0.15) is 11.6 Å². The van der Waals surface area contributed by atoms with Crippen LogP contribution in [0.1, 0.15) is 38.4 Å². The Labute approximate surface area is 189 Å². The minimum atomic E-state index is -0.0687. The number of nitrogens with zero attached hydrogens (tertiary/aromatic N) is 2. The summed E-state index contributed by atoms with van der Waals surface area (Å²) in [4.78, 5) is 16.4. The summed E-state index contributed by atoms with van der Waals surface area (Å²) in [6.07, 6.45) is 4.79. The SMILES string of the molecule is C=C(C)C(=O)NCCCCCc1nc2ccccc2n1CCCOc1ccccc1Cl. The number of para-hydroxylation sites is 3. The fraction of sp³-hybridized carbons (Fsp3) is 0.360. The maximum atomic E-state index is 11.5. The van der Waals surface area contributed by atoms with Gasteiger partial charge in [-0.1, -0.05) is 48.9 Å². The number of aromatic nitrogens is 2. The van der Waals surface area contributed by atoms with E-state index in [1.807, 2.05) is 30.3 Å². The third kappa shape index (κ3) is 6.59. The van der Waals surface area contributed by atoms with Gasteiger partial charge in [0.2, 0.25) is 5.91 Å². The summed E-state index contributed by atoms with van der Waals surface area (Å²) in [5.74, 6) is 1.75. The molecule has 2 aromatic carbocycles. The molecule has 1 amide bonds. The van der Waals surface area contributed by atoms with Crippen molar-refractivity contribution in [3.8, 4) is 5.75 Å². The summed E-state index contributed by atoms with van der Waals surface area (Å²) in [5, 5.41) is 3.52. The van der Waals surface area contributed by atoms with E-state index >= 15 is 0 Å². The van der Waals surface area contributed by atoms with E-state index in [-0.39, 0.29) is 5.91 Å². The predicted molar refractivity (Wildman–Crippen MR) is 127 cm³/mol. The number of unbranched alkanes of at least 4 members (excludes halogenated alkanes) is 2. The van der Waals surface area contributed by atoms with Gasteiger partial charge in [0.25, 0.3) is 0 Å². The number of imidazole rings is 1. The van der Waals surface area contributed by atoms with E-state index < -0.39 is 0 Å². The van der Waals surface area contributed by atoms with Gasteiger partial charge in [-0.3, -0.25) is 4.79 Å². The number of rotatable bonds is 12. The van der Waals surface area contributed by atoms with Crippen LogP contribution in [-0.2, 0) is 17.8 Å². The molecular weight excluding hydrogens is 410 g/mol. The number of aryl methyl sites for hydroxylation is 2. The van der Waals surface area contributed by atoms with E-state index in [0.29, 0.717) is 23.7 Å². The number of hydrogen-bond acceptors (Lipinski definition) is 3. The Morgan fingerprint density at radius 2 is 1.87 bits per heavy atom. The number of carbonyl (C=O) groups is 1. The van der Waals surface area contributed by atoms with Crippen LogP contribution in [0, 0.1) is 0 Å². The first kappa shape index (κ1) is 22.9. The van der Waals surface area contributed by atoms with Gasteiger partial charge in [-0.05, 0) is 50.5 Å². The van der Waals surface area contributed by atoms with Crippen molar-refractivity contribution in [2.45, 2.75) is 45.6 Å². The molecule has 0 atom stereocenters. The quantitative estimate of drug-likeness (QED) is 0.296. The number of halogens is 1. The van der Waals surface area contributed by atoms with Crippen LogP contribution >= 0.6 is 11.6 Å². The molecule has 0 fully saturated rings. The van der Waals surface area contributed by atoms with E-state index in [4.69, 9.17) is 21.3 Å². The van der Waals surface area contributed by atoms with Gasteiger partial charge in [0.05, 0.1) is 22.7 Å². The van der Waals surface area contributed by atoms with Crippen LogP contribution in [0.2, 0.25) is 5.02 Å². The molecule has 31 heavy (non-hydrogen) atoms. The van der Waals surface area contributed by atoms with Crippen LogP contribution in [0.4, 0.5) is 0 Å². The molecule has 1 heterocycles. The van der Waals surface area contributed by atoms with E-state index in [1.165, 1.54) is 0 Å². The van der Waals surface area contributed by atoms with Gasteiger partial charge in [-0.25, -0.2) is 4.98 Å². The molecule has 6 heteroatoms. The number of ether oxygens (including phenoxy) is 1. The van der Waals surface area contributed by atoms with Crippen molar-refractivity contribution >= 4 is 28.5 Å². The van der Waals surface area contributed by atoms with E-state index in [1.54, 1.807) is 6.92 Å². The molecule has 0 spiro atoms. The maximum absolute atomic E-state index is 11.5. The van der Waals surface area contributed by atoms with Crippen molar-refractivity contribution in [3.05, 3.63) is 71.5 Å². The van der Waals surface area contributed by atoms with Crippen molar-refractivity contribution in [3.63, 3.8) is 0 Å². The molecule has 0 saturated carbocycles. The first-order chi connectivity index (χ1) is 15.1. The van der Waals surface area contributed by atoms with Crippen molar-refractivity contribution in [2.75, 3.05) is 13.2 Å². The van der Waals surface area contributed by atoms with Crippen LogP contribution in [0.5, 0.6) is 5.75 Å². The zero-order chi connectivity index (χ0) is 22.1. The summed E-state index contributed by atoms with van der Waals surface area (Å²) in [5.41, 5.74) is 2.73. The van der Waals surface area contributed by atoms with Gasteiger partial charge in [0.15, 0.2) is 0 Å². The van der Waals surface area contributed by atoms with Crippen molar-refractivity contribution in [2.24, 2.45) is 0 Å². The van der Waals surface area contributed by atoms with Crippen LogP contribution in [-0.4, -0.2) is 28.6 Å². The van der Waals surface area contributed by atoms with Gasteiger partial charge in [0, 0.05) is 25.1 Å². The number of amides is 1. The smallest absolute Gasteiger partial charge is 0.246 e. The lowest BCUT2D eigenvalue weighted by Crippen LogP contribution is -2.24. The molecule has 3 aromatic rings. The topological polar surface area (TPSA) is 56.2 Å². The summed E-state index contributed by atoms with van der Waals surface area (Å²) in [7, 11) is 0. The van der Waals surface area contributed by atoms with Crippen LogP contribution in [0.3, 0.4) is 0 Å².